The van der Waals surface area contributed by atoms with E-state index in [9.17, 15) is 4.79 Å². The highest BCUT2D eigenvalue weighted by Gasteiger charge is 1.52. The molecule has 0 saturated carbocycles. The SMILES string of the molecule is [CH]=C/C=C/C=O. The number of rotatable bonds is 2. The molecule has 1 nitrogen and oxygen atoms in total. The number of aldehydes is 1. The number of carbonyl (C=O) groups is 1. The number of hydrogen-bond donors (Lipinski definition) is 0. The molecule has 0 aliphatic heterocycles. The highest BCUT2D eigenvalue weighted by Crippen LogP contribution is 1.62. The molecule has 0 aromatic heterocycles. The Labute approximate surface area is 37.0 Å². The molecule has 0 aliphatic carbocycles. The lowest BCUT2D eigenvalue weighted by Gasteiger charge is -1.56. The van der Waals surface area contributed by atoms with Gasteiger partial charge in [-0.1, -0.05) is 18.7 Å². The molecule has 0 unspecified atom stereocenters. The third-order valence-electron chi connectivity index (χ3n) is 0.301. The van der Waals surface area contributed by atoms with E-state index in [-0.39, 0.29) is 0 Å². The van der Waals surface area contributed by atoms with Gasteiger partial charge in [-0.25, -0.2) is 0 Å². The summed E-state index contributed by atoms with van der Waals surface area (Å²) in [6.07, 6.45) is 4.75. The lowest BCUT2D eigenvalue weighted by atomic mass is 10.5. The first-order valence-corrected chi connectivity index (χ1v) is 1.57. The molecule has 0 spiro atoms. The van der Waals surface area contributed by atoms with E-state index in [1.165, 1.54) is 18.2 Å². The van der Waals surface area contributed by atoms with Gasteiger partial charge < -0.3 is 0 Å². The molecule has 0 fully saturated rings. The Morgan fingerprint density at radius 2 is 2.00 bits per heavy atom. The van der Waals surface area contributed by atoms with E-state index in [1.807, 2.05) is 0 Å². The zero-order valence-electron chi connectivity index (χ0n) is 3.29. The van der Waals surface area contributed by atoms with Crippen LogP contribution in [0, 0.1) is 6.58 Å². The predicted molar refractivity (Wildman–Crippen MR) is 24.1 cm³/mol. The van der Waals surface area contributed by atoms with Crippen LogP contribution in [-0.4, -0.2) is 6.29 Å². The lowest BCUT2D eigenvalue weighted by Crippen LogP contribution is -1.52. The van der Waals surface area contributed by atoms with Gasteiger partial charge in [0.25, 0.3) is 0 Å². The summed E-state index contributed by atoms with van der Waals surface area (Å²) in [5, 5.41) is 0. The predicted octanol–water partition coefficient (Wildman–Crippen LogP) is 0.731. The van der Waals surface area contributed by atoms with Crippen molar-refractivity contribution >= 4 is 6.29 Å². The minimum atomic E-state index is 0.670. The molecule has 0 rings (SSSR count). The van der Waals surface area contributed by atoms with Crippen molar-refractivity contribution in [2.24, 2.45) is 0 Å². The maximum absolute atomic E-state index is 9.40. The quantitative estimate of drug-likeness (QED) is 0.272. The zero-order chi connectivity index (χ0) is 4.83. The van der Waals surface area contributed by atoms with Crippen molar-refractivity contribution in [3.05, 3.63) is 24.8 Å². The van der Waals surface area contributed by atoms with Crippen molar-refractivity contribution < 1.29 is 4.79 Å². The van der Waals surface area contributed by atoms with E-state index in [1.54, 1.807) is 0 Å². The molecule has 1 heteroatoms. The van der Waals surface area contributed by atoms with Gasteiger partial charge >= 0.3 is 0 Å². The Hall–Kier alpha value is -0.850. The first kappa shape index (κ1) is 5.15. The fourth-order valence-corrected chi connectivity index (χ4v) is 0.110. The Morgan fingerprint density at radius 3 is 2.17 bits per heavy atom. The zero-order valence-corrected chi connectivity index (χ0v) is 3.29. The van der Waals surface area contributed by atoms with Crippen molar-refractivity contribution in [3.8, 4) is 0 Å². The van der Waals surface area contributed by atoms with Gasteiger partial charge in [0.15, 0.2) is 0 Å². The van der Waals surface area contributed by atoms with Crippen LogP contribution in [0.4, 0.5) is 0 Å². The standard InChI is InChI=1S/C5H5O/c1-2-3-4-5-6/h1-5H/b2-1?,4-3+. The van der Waals surface area contributed by atoms with Gasteiger partial charge in [0.1, 0.15) is 6.29 Å². The molecule has 0 heterocycles. The van der Waals surface area contributed by atoms with E-state index < -0.39 is 0 Å². The van der Waals surface area contributed by atoms with Crippen molar-refractivity contribution in [2.75, 3.05) is 0 Å². The van der Waals surface area contributed by atoms with Crippen LogP contribution in [-0.2, 0) is 4.79 Å². The highest BCUT2D eigenvalue weighted by molar-refractivity contribution is 5.65. The summed E-state index contributed by atoms with van der Waals surface area (Å²) in [6.45, 7) is 4.84. The fraction of sp³-hybridized carbons (Fsp3) is 0. The smallest absolute Gasteiger partial charge is 0.142 e. The van der Waals surface area contributed by atoms with Crippen LogP contribution in [0.15, 0.2) is 18.2 Å². The molecule has 0 aromatic carbocycles. The van der Waals surface area contributed by atoms with E-state index in [2.05, 4.69) is 0 Å². The van der Waals surface area contributed by atoms with Crippen LogP contribution in [0.5, 0.6) is 0 Å². The minimum absolute atomic E-state index is 0.670. The first-order valence-electron chi connectivity index (χ1n) is 1.57. The molecule has 0 aliphatic rings. The molecular weight excluding hydrogens is 76.1 g/mol. The number of carbonyl (C=O) groups excluding carboxylic acids is 1. The van der Waals surface area contributed by atoms with Gasteiger partial charge in [-0.2, -0.15) is 0 Å². The monoisotopic (exact) mass is 81.0 g/mol. The summed E-state index contributed by atoms with van der Waals surface area (Å²) in [4.78, 5) is 9.40. The highest BCUT2D eigenvalue weighted by atomic mass is 16.1. The van der Waals surface area contributed by atoms with Gasteiger partial charge in [0, 0.05) is 0 Å². The van der Waals surface area contributed by atoms with Crippen LogP contribution in [0.25, 0.3) is 0 Å². The summed E-state index contributed by atoms with van der Waals surface area (Å²) in [6, 6.07) is 0. The van der Waals surface area contributed by atoms with Gasteiger partial charge in [-0.05, 0) is 6.08 Å². The molecule has 0 aromatic rings. The topological polar surface area (TPSA) is 17.1 Å². The molecule has 6 heavy (non-hydrogen) atoms. The van der Waals surface area contributed by atoms with Crippen molar-refractivity contribution in [3.63, 3.8) is 0 Å². The van der Waals surface area contributed by atoms with E-state index in [4.69, 9.17) is 6.58 Å². The van der Waals surface area contributed by atoms with Crippen molar-refractivity contribution in [2.45, 2.75) is 0 Å². The Balaban J connectivity index is 3.17. The summed E-state index contributed by atoms with van der Waals surface area (Å²) in [7, 11) is 0. The maximum atomic E-state index is 9.40. The second-order valence-corrected chi connectivity index (χ2v) is 0.713. The number of allylic oxidation sites excluding steroid dienone is 3. The second kappa shape index (κ2) is 4.15. The molecular formula is C5H5O. The van der Waals surface area contributed by atoms with Crippen LogP contribution in [0.1, 0.15) is 0 Å². The lowest BCUT2D eigenvalue weighted by molar-refractivity contribution is -0.104. The fourth-order valence-electron chi connectivity index (χ4n) is 0.110. The summed E-state index contributed by atoms with van der Waals surface area (Å²) < 4.78 is 0. The summed E-state index contributed by atoms with van der Waals surface area (Å²) in [5.74, 6) is 0. The molecule has 0 saturated heterocycles. The van der Waals surface area contributed by atoms with Gasteiger partial charge in [-0.3, -0.25) is 4.79 Å². The average molecular weight is 81.1 g/mol. The van der Waals surface area contributed by atoms with E-state index in [0.717, 1.165) is 0 Å². The van der Waals surface area contributed by atoms with Crippen LogP contribution < -0.4 is 0 Å². The van der Waals surface area contributed by atoms with Gasteiger partial charge in [-0.15, -0.1) is 0 Å². The molecule has 1 radical (unpaired) electrons. The third-order valence-corrected chi connectivity index (χ3v) is 0.301. The Bertz CT molecular complexity index is 62.0. The van der Waals surface area contributed by atoms with Crippen molar-refractivity contribution in [1.29, 1.82) is 0 Å². The average Bonchev–Trinajstić information content (AvgIpc) is 1.61. The van der Waals surface area contributed by atoms with Crippen molar-refractivity contribution in [1.82, 2.24) is 0 Å². The minimum Gasteiger partial charge on any atom is -0.299 e. The van der Waals surface area contributed by atoms with E-state index >= 15 is 0 Å². The summed E-state index contributed by atoms with van der Waals surface area (Å²) in [5.41, 5.74) is 0. The van der Waals surface area contributed by atoms with Crippen LogP contribution in [0.2, 0.25) is 0 Å². The normalized spacial score (nSPS) is 8.67. The molecule has 0 N–H and O–H groups in total. The summed E-state index contributed by atoms with van der Waals surface area (Å²) >= 11 is 0. The van der Waals surface area contributed by atoms with Gasteiger partial charge in [0.05, 0.1) is 0 Å². The largest absolute Gasteiger partial charge is 0.299 e. The van der Waals surface area contributed by atoms with Crippen LogP contribution >= 0.6 is 0 Å². The Kier molecular flexibility index (Phi) is 3.56. The first-order chi connectivity index (χ1) is 2.91. The molecule has 31 valence electrons. The van der Waals surface area contributed by atoms with Crippen LogP contribution in [0.3, 0.4) is 0 Å². The van der Waals surface area contributed by atoms with Gasteiger partial charge in [0.2, 0.25) is 0 Å². The Morgan fingerprint density at radius 1 is 1.33 bits per heavy atom. The van der Waals surface area contributed by atoms with E-state index in [0.29, 0.717) is 6.29 Å². The number of hydrogen-bond acceptors (Lipinski definition) is 1. The maximum Gasteiger partial charge on any atom is 0.142 e. The second-order valence-electron chi connectivity index (χ2n) is 0.713. The molecule has 0 bridgehead atoms. The molecule has 0 atom stereocenters. The third kappa shape index (κ3) is 3.15. The molecule has 0 amide bonds.